The molecule has 1 heterocycles. The van der Waals surface area contributed by atoms with Gasteiger partial charge in [-0.3, -0.25) is 4.98 Å². The lowest BCUT2D eigenvalue weighted by atomic mass is 9.91. The van der Waals surface area contributed by atoms with Gasteiger partial charge in [0, 0.05) is 24.6 Å². The average Bonchev–Trinajstić information content (AvgIpc) is 2.38. The second-order valence-electron chi connectivity index (χ2n) is 4.89. The van der Waals surface area contributed by atoms with Gasteiger partial charge < -0.3 is 10.1 Å². The number of likely N-dealkylation sites (N-methyl/N-ethyl adjacent to an activating group) is 1. The second-order valence-corrected chi connectivity index (χ2v) is 4.89. The molecule has 0 bridgehead atoms. The van der Waals surface area contributed by atoms with Crippen molar-refractivity contribution in [3.8, 4) is 0 Å². The Kier molecular flexibility index (Phi) is 5.95. The predicted molar refractivity (Wildman–Crippen MR) is 71.3 cm³/mol. The molecular formula is C14H21F3N2O. The van der Waals surface area contributed by atoms with E-state index in [1.54, 1.807) is 7.05 Å². The van der Waals surface area contributed by atoms with Gasteiger partial charge in [-0.05, 0) is 26.0 Å². The standard InChI is InChI=1S/C14H21F3N2O/c1-5-20-13(9(2)3)12(18-4)10-8-19-7-6-11(10)14(15,16)17/h6-9,12-13,18H,5H2,1-4H3. The van der Waals surface area contributed by atoms with Crippen LogP contribution >= 0.6 is 0 Å². The molecule has 3 nitrogen and oxygen atoms in total. The summed E-state index contributed by atoms with van der Waals surface area (Å²) in [5.74, 6) is 0.0775. The molecule has 20 heavy (non-hydrogen) atoms. The lowest BCUT2D eigenvalue weighted by Crippen LogP contribution is -2.37. The van der Waals surface area contributed by atoms with Gasteiger partial charge in [-0.25, -0.2) is 0 Å². The van der Waals surface area contributed by atoms with Gasteiger partial charge in [0.1, 0.15) is 0 Å². The minimum atomic E-state index is -4.40. The first-order chi connectivity index (χ1) is 9.32. The molecule has 0 aromatic carbocycles. The molecular weight excluding hydrogens is 269 g/mol. The Hall–Kier alpha value is -1.14. The molecule has 0 saturated heterocycles. The maximum absolute atomic E-state index is 13.1. The molecule has 6 heteroatoms. The fraction of sp³-hybridized carbons (Fsp3) is 0.643. The molecule has 0 amide bonds. The summed E-state index contributed by atoms with van der Waals surface area (Å²) in [7, 11) is 1.63. The Morgan fingerprint density at radius 3 is 2.45 bits per heavy atom. The summed E-state index contributed by atoms with van der Waals surface area (Å²) in [4.78, 5) is 3.83. The highest BCUT2D eigenvalue weighted by molar-refractivity contribution is 5.30. The van der Waals surface area contributed by atoms with Crippen molar-refractivity contribution in [1.29, 1.82) is 0 Å². The smallest absolute Gasteiger partial charge is 0.376 e. The Labute approximate surface area is 117 Å². The summed E-state index contributed by atoms with van der Waals surface area (Å²) in [6.45, 7) is 6.13. The summed E-state index contributed by atoms with van der Waals surface area (Å²) < 4.78 is 44.9. The van der Waals surface area contributed by atoms with Crippen LogP contribution in [0, 0.1) is 5.92 Å². The monoisotopic (exact) mass is 290 g/mol. The van der Waals surface area contributed by atoms with Gasteiger partial charge in [-0.1, -0.05) is 13.8 Å². The summed E-state index contributed by atoms with van der Waals surface area (Å²) >= 11 is 0. The van der Waals surface area contributed by atoms with Crippen LogP contribution in [0.25, 0.3) is 0 Å². The number of hydrogen-bond acceptors (Lipinski definition) is 3. The van der Waals surface area contributed by atoms with Gasteiger partial charge >= 0.3 is 6.18 Å². The number of nitrogens with zero attached hydrogens (tertiary/aromatic N) is 1. The third kappa shape index (κ3) is 3.93. The number of pyridine rings is 1. The lowest BCUT2D eigenvalue weighted by molar-refractivity contribution is -0.139. The molecule has 114 valence electrons. The normalized spacial score (nSPS) is 15.4. The molecule has 0 fully saturated rings. The van der Waals surface area contributed by atoms with Gasteiger partial charge in [0.25, 0.3) is 0 Å². The lowest BCUT2D eigenvalue weighted by Gasteiger charge is -2.31. The van der Waals surface area contributed by atoms with Crippen LogP contribution in [0.2, 0.25) is 0 Å². The summed E-state index contributed by atoms with van der Waals surface area (Å²) in [5.41, 5.74) is -0.549. The second kappa shape index (κ2) is 7.04. The molecule has 1 aromatic rings. The zero-order valence-corrected chi connectivity index (χ0v) is 12.2. The molecule has 0 aliphatic rings. The van der Waals surface area contributed by atoms with Crippen molar-refractivity contribution in [3.05, 3.63) is 29.6 Å². The van der Waals surface area contributed by atoms with E-state index in [1.807, 2.05) is 20.8 Å². The average molecular weight is 290 g/mol. The van der Waals surface area contributed by atoms with E-state index in [4.69, 9.17) is 4.74 Å². The van der Waals surface area contributed by atoms with Crippen molar-refractivity contribution in [2.24, 2.45) is 5.92 Å². The fourth-order valence-corrected chi connectivity index (χ4v) is 2.28. The van der Waals surface area contributed by atoms with Crippen LogP contribution in [-0.2, 0) is 10.9 Å². The molecule has 0 aliphatic carbocycles. The molecule has 0 radical (unpaired) electrons. The molecule has 1 N–H and O–H groups in total. The van der Waals surface area contributed by atoms with E-state index in [0.29, 0.717) is 6.61 Å². The molecule has 1 aromatic heterocycles. The number of alkyl halides is 3. The van der Waals surface area contributed by atoms with Crippen LogP contribution in [0.15, 0.2) is 18.5 Å². The number of hydrogen-bond donors (Lipinski definition) is 1. The van der Waals surface area contributed by atoms with Crippen molar-refractivity contribution in [1.82, 2.24) is 10.3 Å². The largest absolute Gasteiger partial charge is 0.416 e. The SMILES string of the molecule is CCOC(C(C)C)C(NC)c1cnccc1C(F)(F)F. The predicted octanol–water partition coefficient (Wildman–Crippen LogP) is 3.42. The Morgan fingerprint density at radius 2 is 2.00 bits per heavy atom. The Balaban J connectivity index is 3.24. The van der Waals surface area contributed by atoms with Gasteiger partial charge in [-0.2, -0.15) is 13.2 Å². The third-order valence-corrected chi connectivity index (χ3v) is 3.15. The number of aromatic nitrogens is 1. The zero-order valence-electron chi connectivity index (χ0n) is 12.2. The Bertz CT molecular complexity index is 421. The fourth-order valence-electron chi connectivity index (χ4n) is 2.28. The quantitative estimate of drug-likeness (QED) is 0.871. The van der Waals surface area contributed by atoms with Crippen molar-refractivity contribution in [2.75, 3.05) is 13.7 Å². The molecule has 0 aliphatic heterocycles. The maximum Gasteiger partial charge on any atom is 0.416 e. The van der Waals surface area contributed by atoms with Gasteiger partial charge in [0.2, 0.25) is 0 Å². The third-order valence-electron chi connectivity index (χ3n) is 3.15. The highest BCUT2D eigenvalue weighted by atomic mass is 19.4. The Morgan fingerprint density at radius 1 is 1.35 bits per heavy atom. The number of rotatable bonds is 6. The summed E-state index contributed by atoms with van der Waals surface area (Å²) in [6, 6.07) is 0.448. The van der Waals surface area contributed by atoms with Crippen molar-refractivity contribution in [3.63, 3.8) is 0 Å². The van der Waals surface area contributed by atoms with Crippen LogP contribution in [0.3, 0.4) is 0 Å². The van der Waals surface area contributed by atoms with E-state index in [-0.39, 0.29) is 17.6 Å². The first-order valence-corrected chi connectivity index (χ1v) is 6.62. The molecule has 0 saturated carbocycles. The van der Waals surface area contributed by atoms with Crippen LogP contribution in [0.5, 0.6) is 0 Å². The van der Waals surface area contributed by atoms with E-state index >= 15 is 0 Å². The van der Waals surface area contributed by atoms with E-state index in [0.717, 1.165) is 12.3 Å². The first-order valence-electron chi connectivity index (χ1n) is 6.62. The maximum atomic E-state index is 13.1. The zero-order chi connectivity index (χ0) is 15.3. The highest BCUT2D eigenvalue weighted by Gasteiger charge is 2.37. The minimum absolute atomic E-state index is 0.0775. The van der Waals surface area contributed by atoms with E-state index in [2.05, 4.69) is 10.3 Å². The minimum Gasteiger partial charge on any atom is -0.376 e. The molecule has 2 atom stereocenters. The number of halogens is 3. The van der Waals surface area contributed by atoms with Gasteiger partial charge in [0.05, 0.1) is 17.7 Å². The van der Waals surface area contributed by atoms with Gasteiger partial charge in [-0.15, -0.1) is 0 Å². The van der Waals surface area contributed by atoms with Crippen LogP contribution in [0.1, 0.15) is 37.9 Å². The van der Waals surface area contributed by atoms with Crippen molar-refractivity contribution in [2.45, 2.75) is 39.1 Å². The summed E-state index contributed by atoms with van der Waals surface area (Å²) in [5, 5.41) is 2.93. The summed E-state index contributed by atoms with van der Waals surface area (Å²) in [6.07, 6.45) is -2.33. The molecule has 2 unspecified atom stereocenters. The number of nitrogens with one attached hydrogen (secondary N) is 1. The van der Waals surface area contributed by atoms with E-state index in [9.17, 15) is 13.2 Å². The van der Waals surface area contributed by atoms with E-state index in [1.165, 1.54) is 6.20 Å². The van der Waals surface area contributed by atoms with Crippen molar-refractivity contribution >= 4 is 0 Å². The highest BCUT2D eigenvalue weighted by Crippen LogP contribution is 2.36. The van der Waals surface area contributed by atoms with Crippen LogP contribution in [0.4, 0.5) is 13.2 Å². The first kappa shape index (κ1) is 16.9. The topological polar surface area (TPSA) is 34.1 Å². The van der Waals surface area contributed by atoms with Crippen molar-refractivity contribution < 1.29 is 17.9 Å². The van der Waals surface area contributed by atoms with Gasteiger partial charge in [0.15, 0.2) is 0 Å². The van der Waals surface area contributed by atoms with Crippen LogP contribution < -0.4 is 5.32 Å². The van der Waals surface area contributed by atoms with Crippen LogP contribution in [-0.4, -0.2) is 24.7 Å². The molecule has 1 rings (SSSR count). The van der Waals surface area contributed by atoms with E-state index < -0.39 is 17.8 Å². The number of ether oxygens (including phenoxy) is 1. The molecule has 0 spiro atoms.